The highest BCUT2D eigenvalue weighted by molar-refractivity contribution is 9.10. The van der Waals surface area contributed by atoms with E-state index >= 15 is 0 Å². The number of anilines is 1. The lowest BCUT2D eigenvalue weighted by atomic mass is 10.0. The zero-order valence-corrected chi connectivity index (χ0v) is 12.3. The molecule has 7 heteroatoms. The molecule has 1 fully saturated rings. The highest BCUT2D eigenvalue weighted by Gasteiger charge is 2.32. The second-order valence-electron chi connectivity index (χ2n) is 4.93. The maximum absolute atomic E-state index is 13.0. The zero-order chi connectivity index (χ0) is 14.8. The second-order valence-corrected chi connectivity index (χ2v) is 5.79. The van der Waals surface area contributed by atoms with Crippen molar-refractivity contribution < 1.29 is 17.6 Å². The summed E-state index contributed by atoms with van der Waals surface area (Å²) in [6.07, 6.45) is -2.86. The predicted octanol–water partition coefficient (Wildman–Crippen LogP) is 4.03. The van der Waals surface area contributed by atoms with Gasteiger partial charge in [-0.3, -0.25) is 4.90 Å². The van der Waals surface area contributed by atoms with Gasteiger partial charge in [-0.2, -0.15) is 13.2 Å². The number of benzene rings is 1. The topological polar surface area (TPSA) is 15.3 Å². The zero-order valence-electron chi connectivity index (χ0n) is 10.7. The summed E-state index contributed by atoms with van der Waals surface area (Å²) in [5.41, 5.74) is 0.765. The third-order valence-corrected chi connectivity index (χ3v) is 3.94. The Bertz CT molecular complexity index is 456. The van der Waals surface area contributed by atoms with Gasteiger partial charge in [-0.05, 0) is 47.0 Å². The van der Waals surface area contributed by atoms with Crippen molar-refractivity contribution in [2.45, 2.75) is 25.1 Å². The van der Waals surface area contributed by atoms with Crippen LogP contribution in [0.1, 0.15) is 12.8 Å². The summed E-state index contributed by atoms with van der Waals surface area (Å²) in [6.45, 7) is -0.0219. The molecule has 0 saturated carbocycles. The van der Waals surface area contributed by atoms with Crippen LogP contribution in [0.4, 0.5) is 23.2 Å². The summed E-state index contributed by atoms with van der Waals surface area (Å²) in [6, 6.07) is 4.45. The number of hydrogen-bond donors (Lipinski definition) is 1. The number of nitrogens with zero attached hydrogens (tertiary/aromatic N) is 1. The van der Waals surface area contributed by atoms with Gasteiger partial charge in [0, 0.05) is 29.3 Å². The number of halogens is 5. The third kappa shape index (κ3) is 4.63. The Hall–Kier alpha value is -0.820. The molecule has 1 aromatic rings. The van der Waals surface area contributed by atoms with Crippen LogP contribution in [-0.2, 0) is 0 Å². The van der Waals surface area contributed by atoms with Gasteiger partial charge in [-0.1, -0.05) is 0 Å². The smallest absolute Gasteiger partial charge is 0.381 e. The molecule has 0 aliphatic carbocycles. The first kappa shape index (κ1) is 15.6. The number of hydrogen-bond acceptors (Lipinski definition) is 2. The maximum Gasteiger partial charge on any atom is 0.401 e. The van der Waals surface area contributed by atoms with E-state index in [9.17, 15) is 17.6 Å². The minimum absolute atomic E-state index is 0.112. The van der Waals surface area contributed by atoms with E-state index in [-0.39, 0.29) is 11.9 Å². The monoisotopic (exact) mass is 354 g/mol. The summed E-state index contributed by atoms with van der Waals surface area (Å²) in [7, 11) is 0. The average molecular weight is 355 g/mol. The molecule has 0 atom stereocenters. The van der Waals surface area contributed by atoms with Crippen LogP contribution in [-0.4, -0.2) is 36.8 Å². The third-order valence-electron chi connectivity index (χ3n) is 3.28. The van der Waals surface area contributed by atoms with Crippen molar-refractivity contribution in [2.75, 3.05) is 25.0 Å². The molecular formula is C13H15BrF4N2. The summed E-state index contributed by atoms with van der Waals surface area (Å²) in [4.78, 5) is 1.41. The largest absolute Gasteiger partial charge is 0.401 e. The Kier molecular flexibility index (Phi) is 4.90. The molecule has 2 nitrogen and oxygen atoms in total. The maximum atomic E-state index is 13.0. The minimum atomic E-state index is -4.14. The first-order valence-electron chi connectivity index (χ1n) is 6.34. The van der Waals surface area contributed by atoms with E-state index in [1.807, 2.05) is 0 Å². The summed E-state index contributed by atoms with van der Waals surface area (Å²) in [5.74, 6) is -0.331. The molecule has 0 spiro atoms. The molecule has 20 heavy (non-hydrogen) atoms. The Morgan fingerprint density at radius 3 is 2.45 bits per heavy atom. The predicted molar refractivity (Wildman–Crippen MR) is 73.2 cm³/mol. The van der Waals surface area contributed by atoms with Crippen LogP contribution in [0.5, 0.6) is 0 Å². The van der Waals surface area contributed by atoms with Crippen LogP contribution >= 0.6 is 15.9 Å². The highest BCUT2D eigenvalue weighted by Crippen LogP contribution is 2.26. The van der Waals surface area contributed by atoms with Crippen molar-refractivity contribution in [2.24, 2.45) is 0 Å². The van der Waals surface area contributed by atoms with Crippen molar-refractivity contribution in [1.29, 1.82) is 0 Å². The Morgan fingerprint density at radius 1 is 1.25 bits per heavy atom. The van der Waals surface area contributed by atoms with Crippen LogP contribution in [0.25, 0.3) is 0 Å². The van der Waals surface area contributed by atoms with Gasteiger partial charge >= 0.3 is 6.18 Å². The average Bonchev–Trinajstić information content (AvgIpc) is 2.33. The lowest BCUT2D eigenvalue weighted by molar-refractivity contribution is -0.147. The molecule has 1 saturated heterocycles. The van der Waals surface area contributed by atoms with Gasteiger partial charge in [-0.15, -0.1) is 0 Å². The molecule has 112 valence electrons. The van der Waals surface area contributed by atoms with Crippen LogP contribution in [0.3, 0.4) is 0 Å². The van der Waals surface area contributed by atoms with E-state index in [2.05, 4.69) is 21.2 Å². The fraction of sp³-hybridized carbons (Fsp3) is 0.538. The Morgan fingerprint density at radius 2 is 1.90 bits per heavy atom. The fourth-order valence-corrected chi connectivity index (χ4v) is 2.78. The molecule has 1 heterocycles. The van der Waals surface area contributed by atoms with Gasteiger partial charge in [0.15, 0.2) is 0 Å². The normalized spacial score (nSPS) is 18.2. The fourth-order valence-electron chi connectivity index (χ4n) is 2.32. The molecule has 1 aliphatic heterocycles. The van der Waals surface area contributed by atoms with Crippen molar-refractivity contribution in [3.63, 3.8) is 0 Å². The molecule has 1 aliphatic rings. The van der Waals surface area contributed by atoms with E-state index in [1.54, 1.807) is 6.07 Å². The minimum Gasteiger partial charge on any atom is -0.381 e. The molecule has 1 aromatic carbocycles. The molecule has 0 radical (unpaired) electrons. The van der Waals surface area contributed by atoms with Crippen molar-refractivity contribution in [3.05, 3.63) is 28.5 Å². The molecule has 2 rings (SSSR count). The van der Waals surface area contributed by atoms with E-state index in [0.29, 0.717) is 30.4 Å². The number of likely N-dealkylation sites (tertiary alicyclic amines) is 1. The van der Waals surface area contributed by atoms with Gasteiger partial charge in [0.25, 0.3) is 0 Å². The van der Waals surface area contributed by atoms with Gasteiger partial charge < -0.3 is 5.32 Å². The van der Waals surface area contributed by atoms with Crippen molar-refractivity contribution in [1.82, 2.24) is 4.90 Å². The van der Waals surface area contributed by atoms with E-state index < -0.39 is 12.7 Å². The van der Waals surface area contributed by atoms with Crippen molar-refractivity contribution >= 4 is 21.6 Å². The molecule has 0 aromatic heterocycles. The lowest BCUT2D eigenvalue weighted by Crippen LogP contribution is -2.43. The Labute approximate surface area is 123 Å². The second kappa shape index (κ2) is 6.30. The van der Waals surface area contributed by atoms with Gasteiger partial charge in [0.2, 0.25) is 0 Å². The number of rotatable bonds is 3. The molecule has 0 amide bonds. The standard InChI is InChI=1S/C13H15BrF4N2/c14-11-7-9(15)1-2-12(11)19-10-3-5-20(6-4-10)8-13(16,17)18/h1-2,7,10,19H,3-6,8H2. The summed E-state index contributed by atoms with van der Waals surface area (Å²) >= 11 is 3.26. The molecule has 0 unspecified atom stereocenters. The van der Waals surface area contributed by atoms with Gasteiger partial charge in [-0.25, -0.2) is 4.39 Å². The van der Waals surface area contributed by atoms with Crippen LogP contribution in [0.15, 0.2) is 22.7 Å². The first-order valence-corrected chi connectivity index (χ1v) is 7.13. The van der Waals surface area contributed by atoms with E-state index in [0.717, 1.165) is 5.69 Å². The number of alkyl halides is 3. The first-order chi connectivity index (χ1) is 9.33. The van der Waals surface area contributed by atoms with Crippen LogP contribution < -0.4 is 5.32 Å². The van der Waals surface area contributed by atoms with E-state index in [1.165, 1.54) is 17.0 Å². The Balaban J connectivity index is 1.85. The number of nitrogens with one attached hydrogen (secondary N) is 1. The van der Waals surface area contributed by atoms with Crippen molar-refractivity contribution in [3.8, 4) is 0 Å². The summed E-state index contributed by atoms with van der Waals surface area (Å²) < 4.78 is 50.4. The summed E-state index contributed by atoms with van der Waals surface area (Å²) in [5, 5.41) is 3.24. The quantitative estimate of drug-likeness (QED) is 0.824. The van der Waals surface area contributed by atoms with Gasteiger partial charge in [0.1, 0.15) is 5.82 Å². The van der Waals surface area contributed by atoms with E-state index in [4.69, 9.17) is 0 Å². The van der Waals surface area contributed by atoms with Gasteiger partial charge in [0.05, 0.1) is 6.54 Å². The molecular weight excluding hydrogens is 340 g/mol. The molecule has 0 bridgehead atoms. The number of piperidine rings is 1. The molecule has 1 N–H and O–H groups in total. The van der Waals surface area contributed by atoms with Crippen LogP contribution in [0, 0.1) is 5.82 Å². The highest BCUT2D eigenvalue weighted by atomic mass is 79.9. The van der Waals surface area contributed by atoms with Crippen LogP contribution in [0.2, 0.25) is 0 Å². The SMILES string of the molecule is Fc1ccc(NC2CCN(CC(F)(F)F)CC2)c(Br)c1. The lowest BCUT2D eigenvalue weighted by Gasteiger charge is -2.33.